The third-order valence-corrected chi connectivity index (χ3v) is 13.8. The first-order valence-corrected chi connectivity index (χ1v) is 30.6. The highest BCUT2D eigenvalue weighted by molar-refractivity contribution is 7.98. The van der Waals surface area contributed by atoms with E-state index < -0.39 is 243 Å². The van der Waals surface area contributed by atoms with Crippen LogP contribution in [0.3, 0.4) is 0 Å². The Hall–Kier alpha value is -8.57. The van der Waals surface area contributed by atoms with Crippen LogP contribution in [0.4, 0.5) is 0 Å². The number of carbonyl (C=O) groups excluding carboxylic acids is 15. The second kappa shape index (κ2) is 43.2. The lowest BCUT2D eigenvalue weighted by Crippen LogP contribution is -2.62. The first-order chi connectivity index (χ1) is 42.9. The van der Waals surface area contributed by atoms with Gasteiger partial charge in [-0.1, -0.05) is 13.8 Å². The Labute approximate surface area is 541 Å². The Morgan fingerprint density at radius 3 is 1.25 bits per heavy atom. The number of amides is 15. The SMILES string of the molecule is CSCC[C@H](NC(=O)CNC(=O)[C@H](CCC(=O)O)NC(=O)[C@H](CO)NC(=O)[C@@H](NC(=O)[C@H](C)NC(=O)[C@H](CC(N)=O)NC(=O)[C@H](CS)NC(C)=O)[C@@H](C)O)C(=O)N[C@@H](CC(=O)O)C(=O)NCC(=O)N[C@@H](CS)C(=O)N[C@@H](CCC(=O)O)C(=O)N[C@@H](CC(C)C)C(N)=O. The number of nitrogens with two attached hydrogens (primary N) is 2. The first-order valence-electron chi connectivity index (χ1n) is 28.0. The fourth-order valence-electron chi connectivity index (χ4n) is 7.68. The number of rotatable bonds is 45. The third kappa shape index (κ3) is 33.5. The fraction of sp³-hybridized carbons (Fsp3) is 0.647. The van der Waals surface area contributed by atoms with E-state index in [0.717, 1.165) is 20.8 Å². The molecule has 0 heterocycles. The minimum atomic E-state index is -2.00. The zero-order chi connectivity index (χ0) is 70.7. The molecule has 0 aromatic heterocycles. The molecule has 15 amide bonds. The van der Waals surface area contributed by atoms with Crippen LogP contribution in [0.5, 0.6) is 0 Å². The largest absolute Gasteiger partial charge is 0.481 e. The van der Waals surface area contributed by atoms with E-state index in [1.54, 1.807) is 20.1 Å². The van der Waals surface area contributed by atoms with Crippen LogP contribution in [0.2, 0.25) is 0 Å². The number of carboxylic acids is 3. The standard InChI is InChI=1S/C51H83N15O23S3/c1-21(2)13-28(41(53)79)62-45(83)26(8-10-38(75)76)61-50(88)33(20-91)59-36(72)17-55-44(82)30(15-39(77)78)64-46(84)27(11-12-92-6)58-35(71)16-54-43(81)25(7-9-37(73)74)60-48(86)31(18-67)65-51(89)40(23(4)68)66-42(80)22(3)56-47(85)29(14-34(52)70)63-49(87)32(19-90)57-24(5)69/h21-23,25-33,40,67-68,90-91H,7-20H2,1-6H3,(H2,52,70)(H2,53,79)(H,54,81)(H,55,82)(H,56,85)(H,57,69)(H,58,71)(H,59,72)(H,60,86)(H,61,88)(H,62,83)(H,63,87)(H,64,84)(H,65,89)(H,66,80)(H,73,74)(H,75,76)(H,77,78)/t22-,23+,25-,26-,27-,28-,29-,30-,31-,32-,33-,40-/m0/s1. The summed E-state index contributed by atoms with van der Waals surface area (Å²) < 4.78 is 0. The molecule has 0 radical (unpaired) electrons. The summed E-state index contributed by atoms with van der Waals surface area (Å²) in [6, 6.07) is -18.1. The van der Waals surface area contributed by atoms with Gasteiger partial charge >= 0.3 is 17.9 Å². The monoisotopic (exact) mass is 1370 g/mol. The zero-order valence-corrected chi connectivity index (χ0v) is 53.6. The number of aliphatic hydroxyl groups is 2. The van der Waals surface area contributed by atoms with Crippen LogP contribution in [-0.4, -0.2) is 248 Å². The molecule has 0 aliphatic rings. The van der Waals surface area contributed by atoms with E-state index in [-0.39, 0.29) is 30.3 Å². The van der Waals surface area contributed by atoms with Crippen LogP contribution in [-0.2, 0) is 86.3 Å². The van der Waals surface area contributed by atoms with Gasteiger partial charge in [0.2, 0.25) is 88.6 Å². The molecule has 0 saturated carbocycles. The average molecular weight is 1370 g/mol. The molecule has 92 heavy (non-hydrogen) atoms. The van der Waals surface area contributed by atoms with Crippen molar-refractivity contribution in [2.24, 2.45) is 17.4 Å². The number of carboxylic acid groups (broad SMARTS) is 3. The van der Waals surface area contributed by atoms with E-state index in [9.17, 15) is 112 Å². The molecule has 518 valence electrons. The van der Waals surface area contributed by atoms with Gasteiger partial charge in [0.25, 0.3) is 0 Å². The predicted molar refractivity (Wildman–Crippen MR) is 327 cm³/mol. The van der Waals surface area contributed by atoms with Crippen molar-refractivity contribution < 1.29 is 112 Å². The highest BCUT2D eigenvalue weighted by Crippen LogP contribution is 2.09. The molecule has 12 atom stereocenters. The maximum atomic E-state index is 13.6. The molecule has 0 saturated heterocycles. The maximum absolute atomic E-state index is 13.6. The summed E-state index contributed by atoms with van der Waals surface area (Å²) in [5.41, 5.74) is 10.6. The normalized spacial score (nSPS) is 14.8. The summed E-state index contributed by atoms with van der Waals surface area (Å²) in [4.78, 5) is 229. The molecule has 0 spiro atoms. The average Bonchev–Trinajstić information content (AvgIpc) is 1.04. The Kier molecular flexibility index (Phi) is 39.2. The molecular formula is C51H83N15O23S3. The lowest BCUT2D eigenvalue weighted by atomic mass is 10.0. The lowest BCUT2D eigenvalue weighted by molar-refractivity contribution is -0.141. The van der Waals surface area contributed by atoms with Crippen LogP contribution in [0.15, 0.2) is 0 Å². The van der Waals surface area contributed by atoms with E-state index in [4.69, 9.17) is 11.5 Å². The van der Waals surface area contributed by atoms with Crippen LogP contribution < -0.4 is 80.6 Å². The molecule has 0 aromatic rings. The summed E-state index contributed by atoms with van der Waals surface area (Å²) in [5, 5.41) is 77.3. The number of thiol groups is 2. The predicted octanol–water partition coefficient (Wildman–Crippen LogP) is -9.81. The van der Waals surface area contributed by atoms with Crippen molar-refractivity contribution in [1.82, 2.24) is 69.1 Å². The van der Waals surface area contributed by atoms with Crippen molar-refractivity contribution in [3.05, 3.63) is 0 Å². The fourth-order valence-corrected chi connectivity index (χ4v) is 8.66. The molecule has 0 unspecified atom stereocenters. The number of hydrogen-bond acceptors (Lipinski definition) is 23. The maximum Gasteiger partial charge on any atom is 0.305 e. The van der Waals surface area contributed by atoms with E-state index >= 15 is 0 Å². The number of nitrogens with one attached hydrogen (secondary N) is 13. The summed E-state index contributed by atoms with van der Waals surface area (Å²) in [7, 11) is 0. The summed E-state index contributed by atoms with van der Waals surface area (Å²) in [6.07, 6.45) is -4.67. The van der Waals surface area contributed by atoms with Crippen molar-refractivity contribution >= 4 is 144 Å². The number of carbonyl (C=O) groups is 18. The van der Waals surface area contributed by atoms with Crippen molar-refractivity contribution in [3.63, 3.8) is 0 Å². The molecule has 41 heteroatoms. The van der Waals surface area contributed by atoms with Gasteiger partial charge in [-0.25, -0.2) is 0 Å². The smallest absolute Gasteiger partial charge is 0.305 e. The number of thioether (sulfide) groups is 1. The number of hydrogen-bond donors (Lipinski definition) is 22. The van der Waals surface area contributed by atoms with Gasteiger partial charge < -0.3 is 106 Å². The third-order valence-electron chi connectivity index (χ3n) is 12.4. The van der Waals surface area contributed by atoms with Gasteiger partial charge in [-0.15, -0.1) is 0 Å². The molecule has 0 aliphatic carbocycles. The highest BCUT2D eigenvalue weighted by Gasteiger charge is 2.36. The second-order valence-electron chi connectivity index (χ2n) is 20.7. The number of aliphatic hydroxyl groups excluding tert-OH is 2. The quantitative estimate of drug-likeness (QED) is 0.0252. The highest BCUT2D eigenvalue weighted by atomic mass is 32.2. The molecular weight excluding hydrogens is 1290 g/mol. The first kappa shape index (κ1) is 83.4. The Morgan fingerprint density at radius 1 is 0.446 bits per heavy atom. The van der Waals surface area contributed by atoms with Crippen molar-refractivity contribution in [3.8, 4) is 0 Å². The molecule has 0 fully saturated rings. The van der Waals surface area contributed by atoms with Gasteiger partial charge in [0.15, 0.2) is 0 Å². The van der Waals surface area contributed by atoms with E-state index in [1.165, 1.54) is 11.8 Å². The van der Waals surface area contributed by atoms with Crippen molar-refractivity contribution in [1.29, 1.82) is 0 Å². The van der Waals surface area contributed by atoms with Crippen LogP contribution in [0, 0.1) is 5.92 Å². The lowest BCUT2D eigenvalue weighted by Gasteiger charge is -2.27. The van der Waals surface area contributed by atoms with E-state index in [1.807, 2.05) is 5.32 Å². The molecule has 0 aliphatic heterocycles. The molecule has 0 bridgehead atoms. The van der Waals surface area contributed by atoms with Gasteiger partial charge in [0.1, 0.15) is 66.5 Å². The number of aliphatic carboxylic acids is 3. The van der Waals surface area contributed by atoms with E-state index in [0.29, 0.717) is 0 Å². The summed E-state index contributed by atoms with van der Waals surface area (Å²) in [6.45, 7) is 3.50. The van der Waals surface area contributed by atoms with Crippen LogP contribution in [0.1, 0.15) is 86.0 Å². The summed E-state index contributed by atoms with van der Waals surface area (Å²) >= 11 is 9.18. The van der Waals surface area contributed by atoms with Gasteiger partial charge in [0.05, 0.1) is 38.6 Å². The molecule has 0 aromatic carbocycles. The Morgan fingerprint density at radius 2 is 0.837 bits per heavy atom. The van der Waals surface area contributed by atoms with Gasteiger partial charge in [-0.2, -0.15) is 37.0 Å². The van der Waals surface area contributed by atoms with Gasteiger partial charge in [0, 0.05) is 31.3 Å². The molecule has 22 N–H and O–H groups in total. The van der Waals surface area contributed by atoms with Crippen molar-refractivity contribution in [2.75, 3.05) is 43.2 Å². The van der Waals surface area contributed by atoms with Crippen LogP contribution in [0.25, 0.3) is 0 Å². The topological polar surface area (TPSA) is 617 Å². The Bertz CT molecular complexity index is 2680. The minimum absolute atomic E-state index is 0.105. The summed E-state index contributed by atoms with van der Waals surface area (Å²) in [5.74, 6) is -21.5. The van der Waals surface area contributed by atoms with Crippen molar-refractivity contribution in [2.45, 2.75) is 159 Å². The van der Waals surface area contributed by atoms with E-state index in [2.05, 4.69) is 89.1 Å². The van der Waals surface area contributed by atoms with Crippen LogP contribution >= 0.6 is 37.0 Å². The molecule has 0 rings (SSSR count). The molecule has 38 nitrogen and oxygen atoms in total. The Balaban J connectivity index is 6.11. The second-order valence-corrected chi connectivity index (χ2v) is 22.5. The van der Waals surface area contributed by atoms with Gasteiger partial charge in [-0.05, 0) is 57.5 Å². The minimum Gasteiger partial charge on any atom is -0.481 e. The zero-order valence-electron chi connectivity index (χ0n) is 50.9. The van der Waals surface area contributed by atoms with Gasteiger partial charge in [-0.3, -0.25) is 86.3 Å². The number of primary amides is 2.